The molecule has 2 nitrogen and oxygen atoms in total. The molecule has 2 aromatic rings. The first-order valence-electron chi connectivity index (χ1n) is 7.97. The monoisotopic (exact) mass is 279 g/mol. The van der Waals surface area contributed by atoms with Crippen LogP contribution in [-0.4, -0.2) is 6.61 Å². The van der Waals surface area contributed by atoms with Crippen molar-refractivity contribution < 1.29 is 4.74 Å². The number of fused-ring (bicyclic) bond motifs is 4. The zero-order valence-electron chi connectivity index (χ0n) is 12.5. The third kappa shape index (κ3) is 1.85. The quantitative estimate of drug-likeness (QED) is 0.835. The van der Waals surface area contributed by atoms with Gasteiger partial charge in [-0.2, -0.15) is 0 Å². The van der Waals surface area contributed by atoms with E-state index in [0.717, 1.165) is 5.75 Å². The minimum Gasteiger partial charge on any atom is -0.494 e. The van der Waals surface area contributed by atoms with Crippen molar-refractivity contribution >= 4 is 11.4 Å². The molecule has 1 saturated carbocycles. The Bertz CT molecular complexity index is 671. The summed E-state index contributed by atoms with van der Waals surface area (Å²) in [5.74, 6) is 0.955. The molecule has 2 heteroatoms. The molecule has 1 aliphatic carbocycles. The lowest BCUT2D eigenvalue weighted by Crippen LogP contribution is -2.29. The lowest BCUT2D eigenvalue weighted by molar-refractivity contribution is 0.340. The highest BCUT2D eigenvalue weighted by molar-refractivity contribution is 5.77. The minimum absolute atomic E-state index is 0.210. The van der Waals surface area contributed by atoms with E-state index in [0.29, 0.717) is 6.61 Å². The molecule has 108 valence electrons. The molecule has 4 rings (SSSR count). The molecule has 21 heavy (non-hydrogen) atoms. The van der Waals surface area contributed by atoms with Crippen LogP contribution in [0, 0.1) is 0 Å². The van der Waals surface area contributed by atoms with Crippen LogP contribution in [0.25, 0.3) is 0 Å². The number of rotatable bonds is 2. The van der Waals surface area contributed by atoms with Gasteiger partial charge in [0.05, 0.1) is 6.61 Å². The van der Waals surface area contributed by atoms with Crippen LogP contribution in [0.2, 0.25) is 0 Å². The van der Waals surface area contributed by atoms with Gasteiger partial charge in [0, 0.05) is 22.9 Å². The molecule has 0 saturated heterocycles. The van der Waals surface area contributed by atoms with Gasteiger partial charge in [-0.05, 0) is 43.0 Å². The number of hydrogen-bond acceptors (Lipinski definition) is 2. The lowest BCUT2D eigenvalue weighted by Gasteiger charge is -2.38. The fraction of sp³-hybridized carbons (Fsp3) is 0.368. The highest BCUT2D eigenvalue weighted by Crippen LogP contribution is 2.54. The zero-order chi connectivity index (χ0) is 14.3. The Morgan fingerprint density at radius 1 is 1.00 bits per heavy atom. The molecule has 1 aliphatic heterocycles. The van der Waals surface area contributed by atoms with E-state index in [9.17, 15) is 0 Å². The molecule has 0 radical (unpaired) electrons. The fourth-order valence-electron chi connectivity index (χ4n) is 4.12. The standard InChI is InChI=1S/C19H21NO/c1-2-21-14-9-10-16-18(13-14)20-17-8-4-3-7-15(17)19(16)11-5-6-12-19/h3-4,7-10,13,20H,2,5-6,11-12H2,1H3. The van der Waals surface area contributed by atoms with Gasteiger partial charge in [-0.3, -0.25) is 0 Å². The molecule has 1 fully saturated rings. The van der Waals surface area contributed by atoms with Crippen molar-refractivity contribution in [2.45, 2.75) is 38.0 Å². The summed E-state index contributed by atoms with van der Waals surface area (Å²) in [4.78, 5) is 0. The second kappa shape index (κ2) is 4.80. The third-order valence-corrected chi connectivity index (χ3v) is 4.99. The number of ether oxygens (including phenoxy) is 1. The summed E-state index contributed by atoms with van der Waals surface area (Å²) < 4.78 is 5.67. The van der Waals surface area contributed by atoms with Crippen molar-refractivity contribution in [1.29, 1.82) is 0 Å². The maximum Gasteiger partial charge on any atom is 0.121 e. The van der Waals surface area contributed by atoms with E-state index >= 15 is 0 Å². The predicted octanol–water partition coefficient (Wildman–Crippen LogP) is 5.00. The Hall–Kier alpha value is -1.96. The number of para-hydroxylation sites is 1. The van der Waals surface area contributed by atoms with E-state index in [4.69, 9.17) is 4.74 Å². The SMILES string of the molecule is CCOc1ccc2c(c1)Nc1ccccc1C21CCCC1. The van der Waals surface area contributed by atoms with Crippen LogP contribution in [-0.2, 0) is 5.41 Å². The third-order valence-electron chi connectivity index (χ3n) is 4.99. The van der Waals surface area contributed by atoms with Crippen molar-refractivity contribution in [2.75, 3.05) is 11.9 Å². The number of anilines is 2. The minimum atomic E-state index is 0.210. The van der Waals surface area contributed by atoms with Crippen molar-refractivity contribution in [3.63, 3.8) is 0 Å². The van der Waals surface area contributed by atoms with Crippen molar-refractivity contribution in [1.82, 2.24) is 0 Å². The normalized spacial score (nSPS) is 18.0. The molecular weight excluding hydrogens is 258 g/mol. The first-order valence-corrected chi connectivity index (χ1v) is 7.97. The van der Waals surface area contributed by atoms with Crippen molar-refractivity contribution in [3.05, 3.63) is 53.6 Å². The maximum atomic E-state index is 5.67. The summed E-state index contributed by atoms with van der Waals surface area (Å²) in [6.45, 7) is 2.74. The maximum absolute atomic E-state index is 5.67. The van der Waals surface area contributed by atoms with E-state index in [2.05, 4.69) is 47.8 Å². The van der Waals surface area contributed by atoms with Gasteiger partial charge >= 0.3 is 0 Å². The van der Waals surface area contributed by atoms with Gasteiger partial charge in [-0.15, -0.1) is 0 Å². The molecule has 0 unspecified atom stereocenters. The second-order valence-corrected chi connectivity index (χ2v) is 6.10. The van der Waals surface area contributed by atoms with E-state index in [1.165, 1.54) is 48.2 Å². The van der Waals surface area contributed by atoms with E-state index in [1.807, 2.05) is 6.92 Å². The Morgan fingerprint density at radius 3 is 2.57 bits per heavy atom. The summed E-state index contributed by atoms with van der Waals surface area (Å²) in [5, 5.41) is 3.61. The fourth-order valence-corrected chi connectivity index (χ4v) is 4.12. The average molecular weight is 279 g/mol. The highest BCUT2D eigenvalue weighted by Gasteiger charge is 2.42. The van der Waals surface area contributed by atoms with Crippen molar-refractivity contribution in [2.24, 2.45) is 0 Å². The van der Waals surface area contributed by atoms with Gasteiger partial charge in [0.25, 0.3) is 0 Å². The summed E-state index contributed by atoms with van der Waals surface area (Å²) in [6.07, 6.45) is 5.15. The molecular formula is C19H21NO. The average Bonchev–Trinajstić information content (AvgIpc) is 2.98. The van der Waals surface area contributed by atoms with Gasteiger partial charge < -0.3 is 10.1 Å². The Balaban J connectivity index is 1.89. The Labute approximate surface area is 126 Å². The first-order chi connectivity index (χ1) is 10.3. The molecule has 1 spiro atoms. The largest absolute Gasteiger partial charge is 0.494 e. The summed E-state index contributed by atoms with van der Waals surface area (Å²) in [7, 11) is 0. The van der Waals surface area contributed by atoms with Gasteiger partial charge in [0.15, 0.2) is 0 Å². The second-order valence-electron chi connectivity index (χ2n) is 6.10. The van der Waals surface area contributed by atoms with Gasteiger partial charge in [0.2, 0.25) is 0 Å². The van der Waals surface area contributed by atoms with E-state index < -0.39 is 0 Å². The van der Waals surface area contributed by atoms with Gasteiger partial charge in [0.1, 0.15) is 5.75 Å². The van der Waals surface area contributed by atoms with Crippen molar-refractivity contribution in [3.8, 4) is 5.75 Å². The molecule has 0 aromatic heterocycles. The lowest BCUT2D eigenvalue weighted by atomic mass is 9.70. The van der Waals surface area contributed by atoms with Crippen LogP contribution in [0.4, 0.5) is 11.4 Å². The van der Waals surface area contributed by atoms with Crippen LogP contribution in [0.1, 0.15) is 43.7 Å². The topological polar surface area (TPSA) is 21.3 Å². The highest BCUT2D eigenvalue weighted by atomic mass is 16.5. The Morgan fingerprint density at radius 2 is 1.76 bits per heavy atom. The van der Waals surface area contributed by atoms with Crippen LogP contribution < -0.4 is 10.1 Å². The van der Waals surface area contributed by atoms with Crippen LogP contribution in [0.3, 0.4) is 0 Å². The molecule has 1 N–H and O–H groups in total. The smallest absolute Gasteiger partial charge is 0.121 e. The summed E-state index contributed by atoms with van der Waals surface area (Å²) in [5.41, 5.74) is 5.62. The molecule has 2 aliphatic rings. The number of hydrogen-bond donors (Lipinski definition) is 1. The predicted molar refractivity (Wildman–Crippen MR) is 86.6 cm³/mol. The van der Waals surface area contributed by atoms with E-state index in [1.54, 1.807) is 0 Å². The van der Waals surface area contributed by atoms with Gasteiger partial charge in [-0.1, -0.05) is 37.1 Å². The molecule has 0 atom stereocenters. The van der Waals surface area contributed by atoms with Crippen LogP contribution in [0.15, 0.2) is 42.5 Å². The summed E-state index contributed by atoms with van der Waals surface area (Å²) >= 11 is 0. The first kappa shape index (κ1) is 12.8. The molecule has 0 amide bonds. The zero-order valence-corrected chi connectivity index (χ0v) is 12.5. The van der Waals surface area contributed by atoms with Crippen LogP contribution in [0.5, 0.6) is 5.75 Å². The molecule has 1 heterocycles. The number of benzene rings is 2. The van der Waals surface area contributed by atoms with Gasteiger partial charge in [-0.25, -0.2) is 0 Å². The molecule has 2 aromatic carbocycles. The molecule has 0 bridgehead atoms. The Kier molecular flexibility index (Phi) is 2.91. The number of nitrogens with one attached hydrogen (secondary N) is 1. The van der Waals surface area contributed by atoms with Crippen LogP contribution >= 0.6 is 0 Å². The summed E-state index contributed by atoms with van der Waals surface area (Å²) in [6, 6.07) is 15.3. The van der Waals surface area contributed by atoms with E-state index in [-0.39, 0.29) is 5.41 Å².